The van der Waals surface area contributed by atoms with Crippen LogP contribution >= 0.6 is 15.9 Å². The first kappa shape index (κ1) is 15.2. The van der Waals surface area contributed by atoms with Gasteiger partial charge in [0.15, 0.2) is 5.82 Å². The van der Waals surface area contributed by atoms with Crippen molar-refractivity contribution in [1.29, 1.82) is 0 Å². The monoisotopic (exact) mass is 342 g/mol. The summed E-state index contributed by atoms with van der Waals surface area (Å²) in [6.07, 6.45) is 5.06. The quantitative estimate of drug-likeness (QED) is 0.569. The third kappa shape index (κ3) is 3.28. The number of pyridine rings is 1. The van der Waals surface area contributed by atoms with Crippen molar-refractivity contribution in [2.24, 2.45) is 5.84 Å². The number of hydrazine groups is 1. The van der Waals surface area contributed by atoms with E-state index < -0.39 is 5.60 Å². The number of nitrogen functional groups attached to an aromatic ring is 1. The molecule has 4 N–H and O–H groups in total. The summed E-state index contributed by atoms with van der Waals surface area (Å²) < 4.78 is 0.702. The molecule has 6 nitrogen and oxygen atoms in total. The van der Waals surface area contributed by atoms with Crippen molar-refractivity contribution in [3.05, 3.63) is 22.3 Å². The van der Waals surface area contributed by atoms with Gasteiger partial charge in [-0.25, -0.2) is 10.8 Å². The Balaban J connectivity index is 2.16. The molecule has 20 heavy (non-hydrogen) atoms. The van der Waals surface area contributed by atoms with Crippen LogP contribution in [0.1, 0.15) is 36.0 Å². The summed E-state index contributed by atoms with van der Waals surface area (Å²) in [5, 5.41) is 10.4. The molecule has 0 spiro atoms. The number of anilines is 1. The maximum atomic E-state index is 12.5. The van der Waals surface area contributed by atoms with Crippen LogP contribution in [0, 0.1) is 0 Å². The molecule has 1 heterocycles. The Morgan fingerprint density at radius 1 is 1.60 bits per heavy atom. The molecule has 0 unspecified atom stereocenters. The van der Waals surface area contributed by atoms with Gasteiger partial charge in [-0.1, -0.05) is 12.8 Å². The first-order valence-corrected chi connectivity index (χ1v) is 7.34. The van der Waals surface area contributed by atoms with Crippen molar-refractivity contribution in [3.8, 4) is 0 Å². The number of likely N-dealkylation sites (N-methyl/N-ethyl adjacent to an activating group) is 1. The van der Waals surface area contributed by atoms with Gasteiger partial charge in [0, 0.05) is 24.3 Å². The van der Waals surface area contributed by atoms with Crippen LogP contribution in [-0.4, -0.2) is 40.1 Å². The van der Waals surface area contributed by atoms with Crippen LogP contribution < -0.4 is 11.3 Å². The number of halogens is 1. The number of aromatic nitrogens is 1. The van der Waals surface area contributed by atoms with Crippen LogP contribution in [-0.2, 0) is 0 Å². The molecule has 1 amide bonds. The molecule has 1 aliphatic carbocycles. The lowest BCUT2D eigenvalue weighted by molar-refractivity contribution is 0.0157. The fourth-order valence-electron chi connectivity index (χ4n) is 2.63. The minimum absolute atomic E-state index is 0.216. The molecule has 1 fully saturated rings. The van der Waals surface area contributed by atoms with Gasteiger partial charge in [0.1, 0.15) is 0 Å². The summed E-state index contributed by atoms with van der Waals surface area (Å²) in [5.74, 6) is 5.49. The molecular weight excluding hydrogens is 324 g/mol. The largest absolute Gasteiger partial charge is 0.388 e. The lowest BCUT2D eigenvalue weighted by atomic mass is 10.0. The number of aliphatic hydroxyl groups is 1. The van der Waals surface area contributed by atoms with Crippen LogP contribution in [0.5, 0.6) is 0 Å². The molecule has 0 aromatic carbocycles. The lowest BCUT2D eigenvalue weighted by Crippen LogP contribution is -2.42. The topological polar surface area (TPSA) is 91.5 Å². The van der Waals surface area contributed by atoms with Gasteiger partial charge in [0.2, 0.25) is 0 Å². The highest BCUT2D eigenvalue weighted by atomic mass is 79.9. The van der Waals surface area contributed by atoms with Crippen molar-refractivity contribution in [2.75, 3.05) is 19.0 Å². The van der Waals surface area contributed by atoms with Crippen LogP contribution in [0.2, 0.25) is 0 Å². The number of carbonyl (C=O) groups is 1. The van der Waals surface area contributed by atoms with E-state index in [1.165, 1.54) is 4.90 Å². The summed E-state index contributed by atoms with van der Waals surface area (Å²) in [6, 6.07) is 1.67. The molecule has 1 aromatic rings. The summed E-state index contributed by atoms with van der Waals surface area (Å²) in [5.41, 5.74) is 2.04. The number of hydrogen-bond acceptors (Lipinski definition) is 5. The van der Waals surface area contributed by atoms with Crippen LogP contribution in [0.3, 0.4) is 0 Å². The molecule has 0 atom stereocenters. The Morgan fingerprint density at radius 2 is 2.25 bits per heavy atom. The van der Waals surface area contributed by atoms with Gasteiger partial charge in [-0.3, -0.25) is 4.79 Å². The summed E-state index contributed by atoms with van der Waals surface area (Å²) >= 11 is 3.29. The second kappa shape index (κ2) is 6.07. The first-order chi connectivity index (χ1) is 9.45. The smallest absolute Gasteiger partial charge is 0.257 e. The molecule has 1 aromatic heterocycles. The van der Waals surface area contributed by atoms with Gasteiger partial charge < -0.3 is 15.4 Å². The van der Waals surface area contributed by atoms with Crippen molar-refractivity contribution >= 4 is 27.7 Å². The van der Waals surface area contributed by atoms with Crippen molar-refractivity contribution in [2.45, 2.75) is 31.3 Å². The number of amides is 1. The molecule has 0 aliphatic heterocycles. The molecule has 0 radical (unpaired) electrons. The van der Waals surface area contributed by atoms with E-state index in [2.05, 4.69) is 26.3 Å². The fourth-order valence-corrected chi connectivity index (χ4v) is 2.96. The van der Waals surface area contributed by atoms with Gasteiger partial charge in [-0.15, -0.1) is 0 Å². The lowest BCUT2D eigenvalue weighted by Gasteiger charge is -2.29. The Labute approximate surface area is 126 Å². The number of rotatable bonds is 4. The van der Waals surface area contributed by atoms with Crippen LogP contribution in [0.4, 0.5) is 5.82 Å². The second-order valence-electron chi connectivity index (χ2n) is 5.29. The fraction of sp³-hybridized carbons (Fsp3) is 0.538. The Kier molecular flexibility index (Phi) is 4.62. The third-order valence-corrected chi connectivity index (χ3v) is 4.07. The molecule has 110 valence electrons. The van der Waals surface area contributed by atoms with E-state index in [-0.39, 0.29) is 5.91 Å². The number of carbonyl (C=O) groups excluding carboxylic acids is 1. The SMILES string of the molecule is CN(CC1(O)CCCC1)C(=O)c1cc(Br)cnc1NN. The number of nitrogens with zero attached hydrogens (tertiary/aromatic N) is 2. The van der Waals surface area contributed by atoms with Gasteiger partial charge in [0.05, 0.1) is 11.2 Å². The highest BCUT2D eigenvalue weighted by Crippen LogP contribution is 2.30. The Bertz CT molecular complexity index is 503. The zero-order chi connectivity index (χ0) is 14.8. The predicted octanol–water partition coefficient (Wildman–Crippen LogP) is 1.51. The molecule has 7 heteroatoms. The van der Waals surface area contributed by atoms with E-state index in [1.54, 1.807) is 19.3 Å². The van der Waals surface area contributed by atoms with E-state index in [4.69, 9.17) is 5.84 Å². The van der Waals surface area contributed by atoms with Crippen LogP contribution in [0.25, 0.3) is 0 Å². The van der Waals surface area contributed by atoms with E-state index in [1.807, 2.05) is 0 Å². The van der Waals surface area contributed by atoms with Crippen LogP contribution in [0.15, 0.2) is 16.7 Å². The van der Waals surface area contributed by atoms with E-state index in [9.17, 15) is 9.90 Å². The normalized spacial score (nSPS) is 17.0. The van der Waals surface area contributed by atoms with Gasteiger partial charge in [-0.05, 0) is 34.8 Å². The standard InChI is InChI=1S/C13H19BrN4O2/c1-18(8-13(20)4-2-3-5-13)12(19)10-6-9(14)7-16-11(10)17-15/h6-7,20H,2-5,8,15H2,1H3,(H,16,17). The van der Waals surface area contributed by atoms with E-state index in [0.29, 0.717) is 22.4 Å². The predicted molar refractivity (Wildman–Crippen MR) is 80.1 cm³/mol. The zero-order valence-electron chi connectivity index (χ0n) is 11.4. The van der Waals surface area contributed by atoms with E-state index >= 15 is 0 Å². The van der Waals surface area contributed by atoms with Crippen molar-refractivity contribution in [1.82, 2.24) is 9.88 Å². The third-order valence-electron chi connectivity index (χ3n) is 3.63. The minimum Gasteiger partial charge on any atom is -0.388 e. The van der Waals surface area contributed by atoms with Crippen molar-refractivity contribution in [3.63, 3.8) is 0 Å². The Morgan fingerprint density at radius 3 is 2.85 bits per heavy atom. The highest BCUT2D eigenvalue weighted by molar-refractivity contribution is 9.10. The molecule has 1 saturated carbocycles. The van der Waals surface area contributed by atoms with Crippen molar-refractivity contribution < 1.29 is 9.90 Å². The average Bonchev–Trinajstić information content (AvgIpc) is 2.84. The second-order valence-corrected chi connectivity index (χ2v) is 6.20. The van der Waals surface area contributed by atoms with E-state index in [0.717, 1.165) is 25.7 Å². The summed E-state index contributed by atoms with van der Waals surface area (Å²) in [4.78, 5) is 18.0. The first-order valence-electron chi connectivity index (χ1n) is 6.55. The zero-order valence-corrected chi connectivity index (χ0v) is 13.0. The molecule has 2 rings (SSSR count). The molecular formula is C13H19BrN4O2. The molecule has 0 saturated heterocycles. The maximum absolute atomic E-state index is 12.5. The average molecular weight is 343 g/mol. The van der Waals surface area contributed by atoms with Gasteiger partial charge >= 0.3 is 0 Å². The minimum atomic E-state index is -0.764. The molecule has 0 bridgehead atoms. The Hall–Kier alpha value is -1.18. The number of hydrogen-bond donors (Lipinski definition) is 3. The maximum Gasteiger partial charge on any atom is 0.257 e. The number of nitrogens with one attached hydrogen (secondary N) is 1. The highest BCUT2D eigenvalue weighted by Gasteiger charge is 2.34. The van der Waals surface area contributed by atoms with Gasteiger partial charge in [0.25, 0.3) is 5.91 Å². The molecule has 1 aliphatic rings. The van der Waals surface area contributed by atoms with Gasteiger partial charge in [-0.2, -0.15) is 0 Å². The summed E-state index contributed by atoms with van der Waals surface area (Å²) in [6.45, 7) is 0.322. The summed E-state index contributed by atoms with van der Waals surface area (Å²) in [7, 11) is 1.68. The number of nitrogens with two attached hydrogens (primary N) is 1.